The molecule has 110 valence electrons. The standard InChI is InChI=1S/C15H21FN2O2/c16-15(7-4-9-17-10-8-15)12-18-14(19)20-11-13-5-2-1-3-6-13/h1-3,5-6,17H,4,7-12H2,(H,18,19)/t15-/m0/s1. The van der Waals surface area contributed by atoms with Crippen LogP contribution in [-0.2, 0) is 11.3 Å². The molecule has 2 rings (SSSR count). The molecule has 1 atom stereocenters. The second kappa shape index (κ2) is 7.24. The molecule has 1 aliphatic rings. The number of alkyl halides is 1. The van der Waals surface area contributed by atoms with E-state index in [2.05, 4.69) is 10.6 Å². The molecular formula is C15H21FN2O2. The van der Waals surface area contributed by atoms with Gasteiger partial charge in [-0.1, -0.05) is 30.3 Å². The number of carbonyl (C=O) groups is 1. The highest BCUT2D eigenvalue weighted by molar-refractivity contribution is 5.67. The van der Waals surface area contributed by atoms with Gasteiger partial charge in [0.2, 0.25) is 0 Å². The number of alkyl carbamates (subject to hydrolysis) is 1. The molecule has 5 heteroatoms. The Morgan fingerprint density at radius 3 is 2.90 bits per heavy atom. The summed E-state index contributed by atoms with van der Waals surface area (Å²) < 4.78 is 19.5. The Morgan fingerprint density at radius 2 is 2.10 bits per heavy atom. The third kappa shape index (κ3) is 4.81. The summed E-state index contributed by atoms with van der Waals surface area (Å²) in [6.45, 7) is 1.71. The van der Waals surface area contributed by atoms with Gasteiger partial charge in [0.15, 0.2) is 0 Å². The molecule has 0 bridgehead atoms. The summed E-state index contributed by atoms with van der Waals surface area (Å²) in [6, 6.07) is 9.41. The Morgan fingerprint density at radius 1 is 1.30 bits per heavy atom. The van der Waals surface area contributed by atoms with Gasteiger partial charge in [-0.15, -0.1) is 0 Å². The predicted octanol–water partition coefficient (Wildman–Crippen LogP) is 2.39. The minimum absolute atomic E-state index is 0.0162. The van der Waals surface area contributed by atoms with Gasteiger partial charge in [-0.2, -0.15) is 0 Å². The van der Waals surface area contributed by atoms with Crippen molar-refractivity contribution in [2.75, 3.05) is 19.6 Å². The zero-order valence-electron chi connectivity index (χ0n) is 11.5. The molecule has 20 heavy (non-hydrogen) atoms. The maximum atomic E-state index is 14.4. The van der Waals surface area contributed by atoms with Gasteiger partial charge >= 0.3 is 6.09 Å². The summed E-state index contributed by atoms with van der Waals surface area (Å²) >= 11 is 0. The maximum absolute atomic E-state index is 14.4. The van der Waals surface area contributed by atoms with Crippen molar-refractivity contribution >= 4 is 6.09 Å². The zero-order valence-corrected chi connectivity index (χ0v) is 11.5. The quantitative estimate of drug-likeness (QED) is 0.890. The number of halogens is 1. The number of rotatable bonds is 4. The van der Waals surface area contributed by atoms with Gasteiger partial charge in [0.05, 0.1) is 6.54 Å². The van der Waals surface area contributed by atoms with Crippen molar-refractivity contribution in [1.82, 2.24) is 10.6 Å². The van der Waals surface area contributed by atoms with Crippen LogP contribution in [0, 0.1) is 0 Å². The van der Waals surface area contributed by atoms with E-state index in [1.165, 1.54) is 0 Å². The average molecular weight is 280 g/mol. The number of nitrogens with one attached hydrogen (secondary N) is 2. The third-order valence-corrected chi connectivity index (χ3v) is 3.49. The lowest BCUT2D eigenvalue weighted by Gasteiger charge is -2.23. The number of hydrogen-bond donors (Lipinski definition) is 2. The average Bonchev–Trinajstić information content (AvgIpc) is 2.69. The van der Waals surface area contributed by atoms with Gasteiger partial charge in [-0.3, -0.25) is 0 Å². The molecule has 4 nitrogen and oxygen atoms in total. The second-order valence-corrected chi connectivity index (χ2v) is 5.17. The van der Waals surface area contributed by atoms with Crippen molar-refractivity contribution in [2.24, 2.45) is 0 Å². The van der Waals surface area contributed by atoms with Crippen LogP contribution in [0.25, 0.3) is 0 Å². The lowest BCUT2D eigenvalue weighted by atomic mass is 9.97. The molecule has 1 saturated heterocycles. The fraction of sp³-hybridized carbons (Fsp3) is 0.533. The molecule has 0 aromatic heterocycles. The number of benzene rings is 1. The van der Waals surface area contributed by atoms with Gasteiger partial charge in [-0.25, -0.2) is 9.18 Å². The summed E-state index contributed by atoms with van der Waals surface area (Å²) in [5.41, 5.74) is -0.411. The van der Waals surface area contributed by atoms with E-state index in [1.807, 2.05) is 30.3 Å². The van der Waals surface area contributed by atoms with Crippen LogP contribution >= 0.6 is 0 Å². The van der Waals surface area contributed by atoms with E-state index in [1.54, 1.807) is 0 Å². The number of amides is 1. The number of carbonyl (C=O) groups excluding carboxylic acids is 1. The minimum Gasteiger partial charge on any atom is -0.445 e. The van der Waals surface area contributed by atoms with Gasteiger partial charge < -0.3 is 15.4 Å². The van der Waals surface area contributed by atoms with Gasteiger partial charge in [0, 0.05) is 0 Å². The molecule has 0 radical (unpaired) electrons. The monoisotopic (exact) mass is 280 g/mol. The molecule has 2 N–H and O–H groups in total. The summed E-state index contributed by atoms with van der Waals surface area (Å²) in [7, 11) is 0. The fourth-order valence-corrected chi connectivity index (χ4v) is 2.27. The molecule has 0 unspecified atom stereocenters. The SMILES string of the molecule is O=C(NC[C@]1(F)CCCNCC1)OCc1ccccc1. The Kier molecular flexibility index (Phi) is 5.35. The maximum Gasteiger partial charge on any atom is 0.407 e. The van der Waals surface area contributed by atoms with E-state index in [9.17, 15) is 9.18 Å². The zero-order chi connectivity index (χ0) is 14.3. The smallest absolute Gasteiger partial charge is 0.407 e. The van der Waals surface area contributed by atoms with Crippen molar-refractivity contribution in [2.45, 2.75) is 31.5 Å². The van der Waals surface area contributed by atoms with Crippen LogP contribution in [0.2, 0.25) is 0 Å². The largest absolute Gasteiger partial charge is 0.445 e. The first-order chi connectivity index (χ1) is 9.68. The Labute approximate surface area is 118 Å². The van der Waals surface area contributed by atoms with Crippen molar-refractivity contribution in [3.63, 3.8) is 0 Å². The molecule has 1 aromatic rings. The molecule has 1 fully saturated rings. The second-order valence-electron chi connectivity index (χ2n) is 5.17. The van der Waals surface area contributed by atoms with E-state index in [0.29, 0.717) is 19.4 Å². The Balaban J connectivity index is 1.71. The number of hydrogen-bond acceptors (Lipinski definition) is 3. The highest BCUT2D eigenvalue weighted by Crippen LogP contribution is 2.23. The lowest BCUT2D eigenvalue weighted by molar-refractivity contribution is 0.113. The van der Waals surface area contributed by atoms with Crippen molar-refractivity contribution in [1.29, 1.82) is 0 Å². The topological polar surface area (TPSA) is 50.4 Å². The van der Waals surface area contributed by atoms with E-state index < -0.39 is 11.8 Å². The summed E-state index contributed by atoms with van der Waals surface area (Å²) in [5.74, 6) is 0. The van der Waals surface area contributed by atoms with E-state index in [-0.39, 0.29) is 13.2 Å². The van der Waals surface area contributed by atoms with Crippen LogP contribution in [0.5, 0.6) is 0 Å². The van der Waals surface area contributed by atoms with E-state index in [4.69, 9.17) is 4.74 Å². The van der Waals surface area contributed by atoms with Gasteiger partial charge in [0.25, 0.3) is 0 Å². The highest BCUT2D eigenvalue weighted by Gasteiger charge is 2.30. The van der Waals surface area contributed by atoms with Crippen LogP contribution in [-0.4, -0.2) is 31.4 Å². The molecule has 0 saturated carbocycles. The molecule has 1 heterocycles. The molecule has 0 aliphatic carbocycles. The van der Waals surface area contributed by atoms with Crippen LogP contribution in [0.1, 0.15) is 24.8 Å². The predicted molar refractivity (Wildman–Crippen MR) is 75.2 cm³/mol. The lowest BCUT2D eigenvalue weighted by Crippen LogP contribution is -2.40. The molecule has 1 aliphatic heterocycles. The molecule has 0 spiro atoms. The van der Waals surface area contributed by atoms with Crippen LogP contribution < -0.4 is 10.6 Å². The van der Waals surface area contributed by atoms with Crippen molar-refractivity contribution < 1.29 is 13.9 Å². The summed E-state index contributed by atoms with van der Waals surface area (Å²) in [6.07, 6.45) is 1.12. The van der Waals surface area contributed by atoms with Gasteiger partial charge in [-0.05, 0) is 37.9 Å². The highest BCUT2D eigenvalue weighted by atomic mass is 19.1. The van der Waals surface area contributed by atoms with Crippen molar-refractivity contribution in [3.8, 4) is 0 Å². The Bertz CT molecular complexity index is 417. The van der Waals surface area contributed by atoms with Crippen LogP contribution in [0.15, 0.2) is 30.3 Å². The first kappa shape index (κ1) is 14.8. The normalized spacial score (nSPS) is 22.9. The number of ether oxygens (including phenoxy) is 1. The van der Waals surface area contributed by atoms with E-state index >= 15 is 0 Å². The first-order valence-corrected chi connectivity index (χ1v) is 7.02. The fourth-order valence-electron chi connectivity index (χ4n) is 2.27. The molecule has 1 amide bonds. The first-order valence-electron chi connectivity index (χ1n) is 7.02. The van der Waals surface area contributed by atoms with Gasteiger partial charge in [0.1, 0.15) is 12.3 Å². The van der Waals surface area contributed by atoms with Crippen LogP contribution in [0.3, 0.4) is 0 Å². The summed E-state index contributed by atoms with van der Waals surface area (Å²) in [5, 5.41) is 5.68. The Hall–Kier alpha value is -1.62. The van der Waals surface area contributed by atoms with E-state index in [0.717, 1.165) is 18.5 Å². The summed E-state index contributed by atoms with van der Waals surface area (Å²) in [4.78, 5) is 11.6. The van der Waals surface area contributed by atoms with Crippen LogP contribution in [0.4, 0.5) is 9.18 Å². The molecule has 1 aromatic carbocycles. The molecular weight excluding hydrogens is 259 g/mol. The van der Waals surface area contributed by atoms with Crippen molar-refractivity contribution in [3.05, 3.63) is 35.9 Å². The third-order valence-electron chi connectivity index (χ3n) is 3.49. The minimum atomic E-state index is -1.32.